The molecule has 2 aliphatic heterocycles. The molecular weight excluding hydrogens is 342 g/mol. The van der Waals surface area contributed by atoms with Crippen molar-refractivity contribution >= 4 is 23.5 Å². The summed E-state index contributed by atoms with van der Waals surface area (Å²) in [6.07, 6.45) is 4.03. The molecule has 0 N–H and O–H groups in total. The molecule has 5 nitrogen and oxygen atoms in total. The third kappa shape index (κ3) is 4.33. The van der Waals surface area contributed by atoms with Crippen LogP contribution in [0.1, 0.15) is 44.1 Å². The highest BCUT2D eigenvalue weighted by molar-refractivity contribution is 6.30. The fourth-order valence-electron chi connectivity index (χ4n) is 3.90. The Balaban J connectivity index is 1.68. The maximum Gasteiger partial charge on any atom is 0.317 e. The van der Waals surface area contributed by atoms with E-state index in [-0.39, 0.29) is 18.7 Å². The predicted molar refractivity (Wildman–Crippen MR) is 94.5 cm³/mol. The van der Waals surface area contributed by atoms with Gasteiger partial charge in [-0.25, -0.2) is 0 Å². The van der Waals surface area contributed by atoms with E-state index >= 15 is 0 Å². The van der Waals surface area contributed by atoms with E-state index in [1.54, 1.807) is 24.3 Å². The second kappa shape index (κ2) is 7.75. The highest BCUT2D eigenvalue weighted by atomic mass is 35.5. The minimum absolute atomic E-state index is 0.0186. The van der Waals surface area contributed by atoms with Gasteiger partial charge in [0.2, 0.25) is 0 Å². The van der Waals surface area contributed by atoms with Crippen LogP contribution >= 0.6 is 11.6 Å². The highest BCUT2D eigenvalue weighted by Gasteiger charge is 2.40. The van der Waals surface area contributed by atoms with Crippen LogP contribution in [0.15, 0.2) is 24.3 Å². The van der Waals surface area contributed by atoms with Gasteiger partial charge >= 0.3 is 11.9 Å². The monoisotopic (exact) mass is 365 g/mol. The number of fused-ring (bicyclic) bond motifs is 2. The average molecular weight is 366 g/mol. The zero-order valence-corrected chi connectivity index (χ0v) is 15.4. The Kier molecular flexibility index (Phi) is 5.64. The number of esters is 2. The summed E-state index contributed by atoms with van der Waals surface area (Å²) in [5, 5.41) is 0.593. The van der Waals surface area contributed by atoms with Crippen molar-refractivity contribution in [1.82, 2.24) is 4.90 Å². The number of halogens is 1. The van der Waals surface area contributed by atoms with Gasteiger partial charge in [-0.2, -0.15) is 0 Å². The number of benzene rings is 1. The second-order valence-electron chi connectivity index (χ2n) is 6.99. The molecule has 0 aliphatic carbocycles. The van der Waals surface area contributed by atoms with Crippen molar-refractivity contribution in [3.63, 3.8) is 0 Å². The Morgan fingerprint density at radius 3 is 2.36 bits per heavy atom. The van der Waals surface area contributed by atoms with Crippen LogP contribution in [0.5, 0.6) is 0 Å². The fraction of sp³-hybridized carbons (Fsp3) is 0.579. The molecule has 3 rings (SSSR count). The van der Waals surface area contributed by atoms with Crippen LogP contribution in [0, 0.1) is 0 Å². The van der Waals surface area contributed by atoms with E-state index < -0.39 is 11.9 Å². The standard InChI is InChI=1S/C19H24ClNO4/c1-12(22)24-11-18(13-3-5-14(20)6-4-13)19(23)25-17-9-15-7-8-16(10-17)21(15)2/h3-6,15-18H,7-11H2,1-2H3/t15-,16+,17?,18?. The highest BCUT2D eigenvalue weighted by Crippen LogP contribution is 2.36. The molecule has 0 radical (unpaired) electrons. The number of carbonyl (C=O) groups is 2. The molecule has 0 amide bonds. The predicted octanol–water partition coefficient (Wildman–Crippen LogP) is 3.16. The van der Waals surface area contributed by atoms with E-state index in [2.05, 4.69) is 11.9 Å². The van der Waals surface area contributed by atoms with Crippen LogP contribution in [-0.2, 0) is 19.1 Å². The van der Waals surface area contributed by atoms with Crippen molar-refractivity contribution in [2.75, 3.05) is 13.7 Å². The van der Waals surface area contributed by atoms with E-state index in [9.17, 15) is 9.59 Å². The fourth-order valence-corrected chi connectivity index (χ4v) is 4.03. The van der Waals surface area contributed by atoms with Crippen molar-refractivity contribution in [3.05, 3.63) is 34.9 Å². The molecule has 2 saturated heterocycles. The van der Waals surface area contributed by atoms with Crippen LogP contribution in [0.4, 0.5) is 0 Å². The van der Waals surface area contributed by atoms with Crippen molar-refractivity contribution in [2.45, 2.75) is 56.7 Å². The lowest BCUT2D eigenvalue weighted by Crippen LogP contribution is -2.44. The molecule has 2 aliphatic rings. The number of piperidine rings is 1. The molecule has 1 aromatic carbocycles. The van der Waals surface area contributed by atoms with Crippen molar-refractivity contribution in [2.24, 2.45) is 0 Å². The van der Waals surface area contributed by atoms with Crippen LogP contribution in [-0.4, -0.2) is 48.7 Å². The van der Waals surface area contributed by atoms with Gasteiger partial charge in [-0.15, -0.1) is 0 Å². The first kappa shape index (κ1) is 18.2. The summed E-state index contributed by atoms with van der Waals surface area (Å²) < 4.78 is 10.9. The smallest absolute Gasteiger partial charge is 0.317 e. The summed E-state index contributed by atoms with van der Waals surface area (Å²) in [5.74, 6) is -1.37. The molecule has 25 heavy (non-hydrogen) atoms. The zero-order chi connectivity index (χ0) is 18.0. The van der Waals surface area contributed by atoms with Gasteiger partial charge in [0.05, 0.1) is 0 Å². The lowest BCUT2D eigenvalue weighted by molar-refractivity contribution is -0.157. The molecule has 0 saturated carbocycles. The number of rotatable bonds is 5. The van der Waals surface area contributed by atoms with Gasteiger partial charge in [-0.1, -0.05) is 23.7 Å². The van der Waals surface area contributed by atoms with Crippen LogP contribution in [0.2, 0.25) is 5.02 Å². The molecule has 2 fully saturated rings. The van der Waals surface area contributed by atoms with E-state index in [0.29, 0.717) is 17.1 Å². The maximum absolute atomic E-state index is 12.8. The van der Waals surface area contributed by atoms with Gasteiger partial charge in [0.1, 0.15) is 18.6 Å². The third-order valence-corrected chi connectivity index (χ3v) is 5.60. The topological polar surface area (TPSA) is 55.8 Å². The van der Waals surface area contributed by atoms with Crippen LogP contribution in [0.25, 0.3) is 0 Å². The Bertz CT molecular complexity index is 619. The molecular formula is C19H24ClNO4. The maximum atomic E-state index is 12.8. The first-order valence-corrected chi connectivity index (χ1v) is 9.13. The van der Waals surface area contributed by atoms with Crippen molar-refractivity contribution in [1.29, 1.82) is 0 Å². The minimum Gasteiger partial charge on any atom is -0.465 e. The van der Waals surface area contributed by atoms with E-state index in [1.165, 1.54) is 19.8 Å². The minimum atomic E-state index is -0.626. The number of hydrogen-bond donors (Lipinski definition) is 0. The van der Waals surface area contributed by atoms with Crippen molar-refractivity contribution in [3.8, 4) is 0 Å². The Hall–Kier alpha value is -1.59. The summed E-state index contributed by atoms with van der Waals surface area (Å²) in [5.41, 5.74) is 0.742. The van der Waals surface area contributed by atoms with E-state index in [4.69, 9.17) is 21.1 Å². The average Bonchev–Trinajstić information content (AvgIpc) is 2.78. The summed E-state index contributed by atoms with van der Waals surface area (Å²) in [4.78, 5) is 26.3. The first-order chi connectivity index (χ1) is 11.9. The molecule has 1 aromatic rings. The number of ether oxygens (including phenoxy) is 2. The normalized spacial score (nSPS) is 26.9. The zero-order valence-electron chi connectivity index (χ0n) is 14.6. The van der Waals surface area contributed by atoms with Crippen LogP contribution in [0.3, 0.4) is 0 Å². The molecule has 2 heterocycles. The van der Waals surface area contributed by atoms with Gasteiger partial charge in [0.25, 0.3) is 0 Å². The summed E-state index contributed by atoms with van der Waals surface area (Å²) in [7, 11) is 2.15. The third-order valence-electron chi connectivity index (χ3n) is 5.35. The molecule has 0 aromatic heterocycles. The Morgan fingerprint density at radius 2 is 1.80 bits per heavy atom. The quantitative estimate of drug-likeness (QED) is 0.750. The van der Waals surface area contributed by atoms with E-state index in [1.807, 2.05) is 0 Å². The molecule has 2 unspecified atom stereocenters. The number of carbonyl (C=O) groups excluding carboxylic acids is 2. The lowest BCUT2D eigenvalue weighted by Gasteiger charge is -2.36. The summed E-state index contributed by atoms with van der Waals surface area (Å²) >= 11 is 5.93. The molecule has 6 heteroatoms. The number of hydrogen-bond acceptors (Lipinski definition) is 5. The number of nitrogens with zero attached hydrogens (tertiary/aromatic N) is 1. The van der Waals surface area contributed by atoms with E-state index in [0.717, 1.165) is 18.4 Å². The van der Waals surface area contributed by atoms with Gasteiger partial charge in [0, 0.05) is 24.0 Å². The van der Waals surface area contributed by atoms with Gasteiger partial charge < -0.3 is 14.4 Å². The molecule has 2 bridgehead atoms. The molecule has 136 valence electrons. The van der Waals surface area contributed by atoms with Crippen molar-refractivity contribution < 1.29 is 19.1 Å². The second-order valence-corrected chi connectivity index (χ2v) is 7.42. The first-order valence-electron chi connectivity index (χ1n) is 8.75. The van der Waals surface area contributed by atoms with Crippen LogP contribution < -0.4 is 0 Å². The largest absolute Gasteiger partial charge is 0.465 e. The summed E-state index contributed by atoms with van der Waals surface area (Å²) in [6.45, 7) is 1.31. The molecule has 4 atom stereocenters. The van der Waals surface area contributed by atoms with Gasteiger partial charge in [-0.3, -0.25) is 9.59 Å². The lowest BCUT2D eigenvalue weighted by atomic mass is 9.98. The molecule has 0 spiro atoms. The summed E-state index contributed by atoms with van der Waals surface area (Å²) in [6, 6.07) is 7.99. The van der Waals surface area contributed by atoms with Gasteiger partial charge in [0.15, 0.2) is 0 Å². The SMILES string of the molecule is CC(=O)OCC(C(=O)OC1C[C@H]2CC[C@@H](C1)N2C)c1ccc(Cl)cc1. The van der Waals surface area contributed by atoms with Gasteiger partial charge in [-0.05, 0) is 50.4 Å². The Morgan fingerprint density at radius 1 is 1.20 bits per heavy atom. The Labute approximate surface area is 153 Å².